The number of amides is 1. The van der Waals surface area contributed by atoms with Gasteiger partial charge in [-0.15, -0.1) is 11.3 Å². The summed E-state index contributed by atoms with van der Waals surface area (Å²) in [5.41, 5.74) is 2.05. The summed E-state index contributed by atoms with van der Waals surface area (Å²) >= 11 is 1.52. The van der Waals surface area contributed by atoms with Crippen molar-refractivity contribution >= 4 is 17.2 Å². The molecule has 22 heavy (non-hydrogen) atoms. The Kier molecular flexibility index (Phi) is 5.34. The van der Waals surface area contributed by atoms with E-state index in [2.05, 4.69) is 23.9 Å². The van der Waals surface area contributed by atoms with Crippen LogP contribution in [0.3, 0.4) is 0 Å². The Labute approximate surface area is 136 Å². The molecule has 5 nitrogen and oxygen atoms in total. The standard InChI is InChI=1S/C16H24N4OS/c1-11(2)15-18-12(3)14(22-15)16(21)19(4)8-6-7-13-9-17-20(5)10-13/h9-11H,6-8H2,1-5H3. The van der Waals surface area contributed by atoms with Crippen LogP contribution < -0.4 is 0 Å². The van der Waals surface area contributed by atoms with Gasteiger partial charge in [0.2, 0.25) is 0 Å². The van der Waals surface area contributed by atoms with E-state index >= 15 is 0 Å². The van der Waals surface area contributed by atoms with Crippen molar-refractivity contribution in [3.05, 3.63) is 33.5 Å². The molecule has 0 aliphatic heterocycles. The van der Waals surface area contributed by atoms with Crippen LogP contribution >= 0.6 is 11.3 Å². The van der Waals surface area contributed by atoms with Gasteiger partial charge in [0.05, 0.1) is 16.9 Å². The second kappa shape index (κ2) is 7.05. The molecule has 2 aromatic rings. The lowest BCUT2D eigenvalue weighted by Gasteiger charge is -2.16. The molecule has 0 saturated heterocycles. The molecule has 0 bridgehead atoms. The van der Waals surface area contributed by atoms with Crippen LogP contribution in [-0.4, -0.2) is 39.2 Å². The summed E-state index contributed by atoms with van der Waals surface area (Å²) in [5, 5.41) is 5.19. The number of thiazole rings is 1. The van der Waals surface area contributed by atoms with Crippen molar-refractivity contribution in [3.8, 4) is 0 Å². The Balaban J connectivity index is 1.91. The number of aromatic nitrogens is 3. The van der Waals surface area contributed by atoms with E-state index in [1.54, 1.807) is 9.58 Å². The molecule has 0 radical (unpaired) electrons. The average molecular weight is 320 g/mol. The Hall–Kier alpha value is -1.69. The van der Waals surface area contributed by atoms with Crippen molar-refractivity contribution in [2.24, 2.45) is 7.05 Å². The number of hydrogen-bond donors (Lipinski definition) is 0. The lowest BCUT2D eigenvalue weighted by Crippen LogP contribution is -2.27. The number of carbonyl (C=O) groups excluding carboxylic acids is 1. The van der Waals surface area contributed by atoms with Crippen LogP contribution in [0, 0.1) is 6.92 Å². The minimum absolute atomic E-state index is 0.0769. The fraction of sp³-hybridized carbons (Fsp3) is 0.562. The number of aryl methyl sites for hydroxylation is 3. The van der Waals surface area contributed by atoms with Gasteiger partial charge in [0.25, 0.3) is 5.91 Å². The average Bonchev–Trinajstić information content (AvgIpc) is 3.04. The molecule has 0 atom stereocenters. The summed E-state index contributed by atoms with van der Waals surface area (Å²) < 4.78 is 1.80. The first-order valence-electron chi connectivity index (χ1n) is 7.58. The van der Waals surface area contributed by atoms with E-state index in [4.69, 9.17) is 0 Å². The van der Waals surface area contributed by atoms with Crippen LogP contribution in [0.5, 0.6) is 0 Å². The highest BCUT2D eigenvalue weighted by atomic mass is 32.1. The predicted octanol–water partition coefficient (Wildman–Crippen LogP) is 3.01. The first kappa shape index (κ1) is 16.7. The smallest absolute Gasteiger partial charge is 0.265 e. The summed E-state index contributed by atoms with van der Waals surface area (Å²) in [7, 11) is 3.78. The highest BCUT2D eigenvalue weighted by Gasteiger charge is 2.19. The van der Waals surface area contributed by atoms with E-state index in [0.717, 1.165) is 35.0 Å². The van der Waals surface area contributed by atoms with Gasteiger partial charge < -0.3 is 4.90 Å². The molecule has 0 unspecified atom stereocenters. The van der Waals surface area contributed by atoms with Crippen LogP contribution in [0.15, 0.2) is 12.4 Å². The molecule has 0 N–H and O–H groups in total. The third-order valence-electron chi connectivity index (χ3n) is 3.57. The van der Waals surface area contributed by atoms with Gasteiger partial charge in [0.15, 0.2) is 0 Å². The summed E-state index contributed by atoms with van der Waals surface area (Å²) in [6, 6.07) is 0. The Morgan fingerprint density at radius 2 is 2.18 bits per heavy atom. The maximum atomic E-state index is 12.5. The molecule has 120 valence electrons. The zero-order valence-electron chi connectivity index (χ0n) is 14.0. The van der Waals surface area contributed by atoms with Crippen molar-refractivity contribution in [3.63, 3.8) is 0 Å². The molecule has 1 amide bonds. The summed E-state index contributed by atoms with van der Waals surface area (Å²) in [6.07, 6.45) is 5.77. The molecule has 0 aliphatic carbocycles. The second-order valence-corrected chi connectivity index (χ2v) is 7.00. The SMILES string of the molecule is Cc1nc(C(C)C)sc1C(=O)N(C)CCCc1cnn(C)c1. The molecule has 0 saturated carbocycles. The van der Waals surface area contributed by atoms with Gasteiger partial charge >= 0.3 is 0 Å². The topological polar surface area (TPSA) is 51.0 Å². The Bertz CT molecular complexity index is 644. The van der Waals surface area contributed by atoms with Gasteiger partial charge in [-0.1, -0.05) is 13.8 Å². The predicted molar refractivity (Wildman–Crippen MR) is 89.4 cm³/mol. The molecule has 0 spiro atoms. The number of hydrogen-bond acceptors (Lipinski definition) is 4. The van der Waals surface area contributed by atoms with Crippen LogP contribution in [-0.2, 0) is 13.5 Å². The van der Waals surface area contributed by atoms with E-state index in [1.165, 1.54) is 16.9 Å². The minimum Gasteiger partial charge on any atom is -0.341 e. The van der Waals surface area contributed by atoms with E-state index in [9.17, 15) is 4.79 Å². The van der Waals surface area contributed by atoms with Crippen LogP contribution in [0.25, 0.3) is 0 Å². The first-order chi connectivity index (χ1) is 10.4. The quantitative estimate of drug-likeness (QED) is 0.822. The third kappa shape index (κ3) is 3.94. The van der Waals surface area contributed by atoms with E-state index in [1.807, 2.05) is 33.4 Å². The number of nitrogens with zero attached hydrogens (tertiary/aromatic N) is 4. The zero-order chi connectivity index (χ0) is 16.3. The van der Waals surface area contributed by atoms with E-state index in [-0.39, 0.29) is 5.91 Å². The Morgan fingerprint density at radius 3 is 2.73 bits per heavy atom. The lowest BCUT2D eigenvalue weighted by molar-refractivity contribution is 0.0797. The molecular formula is C16H24N4OS. The van der Waals surface area contributed by atoms with Gasteiger partial charge in [0, 0.05) is 32.8 Å². The van der Waals surface area contributed by atoms with E-state index < -0.39 is 0 Å². The highest BCUT2D eigenvalue weighted by Crippen LogP contribution is 2.25. The monoisotopic (exact) mass is 320 g/mol. The maximum Gasteiger partial charge on any atom is 0.265 e. The van der Waals surface area contributed by atoms with Crippen molar-refractivity contribution in [1.29, 1.82) is 0 Å². The van der Waals surface area contributed by atoms with Crippen LogP contribution in [0.1, 0.15) is 52.1 Å². The number of carbonyl (C=O) groups is 1. The van der Waals surface area contributed by atoms with Gasteiger partial charge in [-0.2, -0.15) is 5.10 Å². The third-order valence-corrected chi connectivity index (χ3v) is 5.01. The van der Waals surface area contributed by atoms with Crippen molar-refractivity contribution in [2.75, 3.05) is 13.6 Å². The fourth-order valence-corrected chi connectivity index (χ4v) is 3.32. The van der Waals surface area contributed by atoms with Gasteiger partial charge in [0.1, 0.15) is 4.88 Å². The second-order valence-electron chi connectivity index (χ2n) is 5.97. The van der Waals surface area contributed by atoms with E-state index in [0.29, 0.717) is 5.92 Å². The van der Waals surface area contributed by atoms with Crippen molar-refractivity contribution in [2.45, 2.75) is 39.5 Å². The fourth-order valence-electron chi connectivity index (χ4n) is 2.26. The first-order valence-corrected chi connectivity index (χ1v) is 8.40. The molecule has 2 rings (SSSR count). The van der Waals surface area contributed by atoms with Crippen LogP contribution in [0.4, 0.5) is 0 Å². The zero-order valence-corrected chi connectivity index (χ0v) is 14.8. The van der Waals surface area contributed by atoms with Crippen molar-refractivity contribution in [1.82, 2.24) is 19.7 Å². The van der Waals surface area contributed by atoms with Crippen molar-refractivity contribution < 1.29 is 4.79 Å². The molecule has 2 heterocycles. The summed E-state index contributed by atoms with van der Waals surface area (Å²) in [6.45, 7) is 6.86. The van der Waals surface area contributed by atoms with Gasteiger partial charge in [-0.25, -0.2) is 4.98 Å². The molecular weight excluding hydrogens is 296 g/mol. The molecule has 0 aromatic carbocycles. The highest BCUT2D eigenvalue weighted by molar-refractivity contribution is 7.13. The number of rotatable bonds is 6. The van der Waals surface area contributed by atoms with Gasteiger partial charge in [-0.3, -0.25) is 9.48 Å². The maximum absolute atomic E-state index is 12.5. The molecule has 0 fully saturated rings. The normalized spacial score (nSPS) is 11.2. The largest absolute Gasteiger partial charge is 0.341 e. The minimum atomic E-state index is 0.0769. The van der Waals surface area contributed by atoms with Crippen LogP contribution in [0.2, 0.25) is 0 Å². The molecule has 6 heteroatoms. The molecule has 0 aliphatic rings. The lowest BCUT2D eigenvalue weighted by atomic mass is 10.2. The summed E-state index contributed by atoms with van der Waals surface area (Å²) in [5.74, 6) is 0.439. The Morgan fingerprint density at radius 1 is 1.45 bits per heavy atom. The van der Waals surface area contributed by atoms with Gasteiger partial charge in [-0.05, 0) is 25.3 Å². The molecule has 2 aromatic heterocycles. The summed E-state index contributed by atoms with van der Waals surface area (Å²) in [4.78, 5) is 19.6.